The van der Waals surface area contributed by atoms with Gasteiger partial charge < -0.3 is 9.47 Å². The number of hydrogen-bond donors (Lipinski definition) is 0. The molecular formula is C53H42N2. The number of fused-ring (bicyclic) bond motifs is 6. The van der Waals surface area contributed by atoms with Gasteiger partial charge in [0.15, 0.2) is 0 Å². The first-order valence-corrected chi connectivity index (χ1v) is 19.6. The van der Waals surface area contributed by atoms with Crippen molar-refractivity contribution < 1.29 is 0 Å². The summed E-state index contributed by atoms with van der Waals surface area (Å²) in [6.45, 7) is 4.73. The Morgan fingerprint density at radius 2 is 0.909 bits per heavy atom. The second kappa shape index (κ2) is 13.3. The number of benzene rings is 8. The maximum atomic E-state index is 2.49. The lowest BCUT2D eigenvalue weighted by molar-refractivity contribution is 0.490. The molecule has 264 valence electrons. The van der Waals surface area contributed by atoms with E-state index in [4.69, 9.17) is 0 Å². The second-order valence-corrected chi connectivity index (χ2v) is 14.8. The Bertz CT molecular complexity index is 2790. The van der Waals surface area contributed by atoms with Crippen molar-refractivity contribution in [2.45, 2.75) is 32.1 Å². The Morgan fingerprint density at radius 1 is 0.400 bits per heavy atom. The van der Waals surface area contributed by atoms with Gasteiger partial charge >= 0.3 is 0 Å². The minimum Gasteiger partial charge on any atom is -0.310 e. The molecule has 1 heterocycles. The van der Waals surface area contributed by atoms with Gasteiger partial charge in [-0.3, -0.25) is 0 Å². The molecule has 0 saturated carbocycles. The second-order valence-electron chi connectivity index (χ2n) is 14.8. The molecule has 2 nitrogen and oxygen atoms in total. The first kappa shape index (κ1) is 33.0. The van der Waals surface area contributed by atoms with Crippen LogP contribution in [0.5, 0.6) is 0 Å². The summed E-state index contributed by atoms with van der Waals surface area (Å²) < 4.78 is 2.45. The van der Waals surface area contributed by atoms with Crippen LogP contribution >= 0.6 is 0 Å². The van der Waals surface area contributed by atoms with Gasteiger partial charge in [0, 0.05) is 38.9 Å². The highest BCUT2D eigenvalue weighted by Gasteiger charge is 2.41. The maximum absolute atomic E-state index is 2.49. The third-order valence-electron chi connectivity index (χ3n) is 12.1. The fourth-order valence-corrected chi connectivity index (χ4v) is 9.40. The van der Waals surface area contributed by atoms with Gasteiger partial charge in [-0.1, -0.05) is 147 Å². The van der Waals surface area contributed by atoms with Gasteiger partial charge in [0.05, 0.1) is 11.0 Å². The van der Waals surface area contributed by atoms with Gasteiger partial charge in [-0.25, -0.2) is 0 Å². The Hall–Kier alpha value is -6.64. The molecule has 8 aromatic carbocycles. The summed E-state index contributed by atoms with van der Waals surface area (Å²) >= 11 is 0. The lowest BCUT2D eigenvalue weighted by atomic mass is 9.73. The van der Waals surface area contributed by atoms with E-state index in [9.17, 15) is 0 Å². The van der Waals surface area contributed by atoms with E-state index in [2.05, 4.69) is 217 Å². The van der Waals surface area contributed by atoms with Crippen LogP contribution in [0.25, 0.3) is 60.9 Å². The molecule has 0 atom stereocenters. The average molecular weight is 707 g/mol. The lowest BCUT2D eigenvalue weighted by Gasteiger charge is -2.32. The molecule has 0 fully saturated rings. The van der Waals surface area contributed by atoms with E-state index in [-0.39, 0.29) is 5.41 Å². The van der Waals surface area contributed by atoms with Crippen LogP contribution in [0.2, 0.25) is 0 Å². The Morgan fingerprint density at radius 3 is 1.58 bits per heavy atom. The van der Waals surface area contributed by atoms with E-state index >= 15 is 0 Å². The van der Waals surface area contributed by atoms with Crippen LogP contribution < -0.4 is 4.90 Å². The van der Waals surface area contributed by atoms with Crippen molar-refractivity contribution in [2.24, 2.45) is 0 Å². The summed E-state index contributed by atoms with van der Waals surface area (Å²) in [5, 5.41) is 2.58. The zero-order valence-electron chi connectivity index (χ0n) is 31.3. The summed E-state index contributed by atoms with van der Waals surface area (Å²) in [5.41, 5.74) is 17.4. The molecule has 1 aliphatic carbocycles. The maximum Gasteiger partial charge on any atom is 0.0541 e. The van der Waals surface area contributed by atoms with Crippen LogP contribution in [-0.4, -0.2) is 4.57 Å². The molecule has 1 aromatic heterocycles. The van der Waals surface area contributed by atoms with Crippen molar-refractivity contribution in [3.8, 4) is 39.1 Å². The van der Waals surface area contributed by atoms with E-state index in [0.29, 0.717) is 0 Å². The van der Waals surface area contributed by atoms with Crippen LogP contribution in [0.4, 0.5) is 17.1 Å². The summed E-state index contributed by atoms with van der Waals surface area (Å²) in [5.74, 6) is 0. The first-order chi connectivity index (χ1) is 27.2. The van der Waals surface area contributed by atoms with Crippen LogP contribution in [0.15, 0.2) is 194 Å². The smallest absolute Gasteiger partial charge is 0.0541 e. The van der Waals surface area contributed by atoms with Crippen molar-refractivity contribution in [2.75, 3.05) is 4.90 Å². The number of rotatable bonds is 8. The molecule has 0 bridgehead atoms. The predicted molar refractivity (Wildman–Crippen MR) is 233 cm³/mol. The third kappa shape index (κ3) is 5.24. The molecule has 0 amide bonds. The van der Waals surface area contributed by atoms with Crippen molar-refractivity contribution in [1.82, 2.24) is 4.57 Å². The van der Waals surface area contributed by atoms with E-state index in [1.165, 1.54) is 77.7 Å². The Balaban J connectivity index is 1.11. The normalized spacial score (nSPS) is 12.8. The third-order valence-corrected chi connectivity index (χ3v) is 12.1. The molecule has 2 heteroatoms. The Kier molecular flexibility index (Phi) is 7.99. The monoisotopic (exact) mass is 706 g/mol. The van der Waals surface area contributed by atoms with Crippen molar-refractivity contribution in [1.29, 1.82) is 0 Å². The zero-order chi connectivity index (χ0) is 36.9. The number of hydrogen-bond acceptors (Lipinski definition) is 1. The number of nitrogens with zero attached hydrogens (tertiary/aromatic N) is 2. The largest absolute Gasteiger partial charge is 0.310 e. The number of para-hydroxylation sites is 3. The van der Waals surface area contributed by atoms with Gasteiger partial charge in [-0.15, -0.1) is 0 Å². The van der Waals surface area contributed by atoms with Crippen LogP contribution in [-0.2, 0) is 5.41 Å². The summed E-state index contributed by atoms with van der Waals surface area (Å²) in [7, 11) is 0. The van der Waals surface area contributed by atoms with Crippen molar-refractivity contribution in [3.63, 3.8) is 0 Å². The fraction of sp³-hybridized carbons (Fsp3) is 0.0943. The zero-order valence-corrected chi connectivity index (χ0v) is 31.3. The minimum atomic E-state index is -0.117. The molecule has 55 heavy (non-hydrogen) atoms. The van der Waals surface area contributed by atoms with Gasteiger partial charge in [0.1, 0.15) is 0 Å². The first-order valence-electron chi connectivity index (χ1n) is 19.6. The molecular weight excluding hydrogens is 665 g/mol. The Labute approximate surface area is 323 Å². The van der Waals surface area contributed by atoms with Crippen molar-refractivity contribution in [3.05, 3.63) is 205 Å². The predicted octanol–water partition coefficient (Wildman–Crippen LogP) is 14.7. The SMILES string of the molecule is CCC1(CC)c2cc(N(c3ccccc3)c3cccc(-c4ccccc4-c4ccccc4)c3)ccc2-c2ccc(-n3c4ccccc4c4ccccc43)cc21. The van der Waals surface area contributed by atoms with Gasteiger partial charge in [-0.2, -0.15) is 0 Å². The fourth-order valence-electron chi connectivity index (χ4n) is 9.40. The van der Waals surface area contributed by atoms with E-state index < -0.39 is 0 Å². The average Bonchev–Trinajstić information content (AvgIpc) is 3.74. The molecule has 0 radical (unpaired) electrons. The molecule has 0 aliphatic heterocycles. The van der Waals surface area contributed by atoms with E-state index in [1.54, 1.807) is 0 Å². The molecule has 1 aliphatic rings. The minimum absolute atomic E-state index is 0.117. The lowest BCUT2D eigenvalue weighted by Crippen LogP contribution is -2.23. The summed E-state index contributed by atoms with van der Waals surface area (Å²) in [6, 6.07) is 71.3. The quantitative estimate of drug-likeness (QED) is 0.153. The molecule has 0 N–H and O–H groups in total. The highest BCUT2D eigenvalue weighted by atomic mass is 15.1. The molecule has 0 saturated heterocycles. The van der Waals surface area contributed by atoms with Gasteiger partial charge in [0.25, 0.3) is 0 Å². The highest BCUT2D eigenvalue weighted by Crippen LogP contribution is 2.55. The van der Waals surface area contributed by atoms with Gasteiger partial charge in [0.2, 0.25) is 0 Å². The molecule has 0 spiro atoms. The molecule has 9 aromatic rings. The summed E-state index contributed by atoms with van der Waals surface area (Å²) in [4.78, 5) is 2.43. The van der Waals surface area contributed by atoms with Crippen molar-refractivity contribution >= 4 is 38.9 Å². The number of anilines is 3. The van der Waals surface area contributed by atoms with E-state index in [0.717, 1.165) is 24.2 Å². The number of aromatic nitrogens is 1. The molecule has 0 unspecified atom stereocenters. The summed E-state index contributed by atoms with van der Waals surface area (Å²) in [6.07, 6.45) is 2.03. The van der Waals surface area contributed by atoms with Crippen LogP contribution in [0, 0.1) is 0 Å². The standard InChI is InChI=1S/C53H42N2/c1-3-53(4-2)49-35-41(30-32-45(49)46-33-31-42(36-50(46)53)55-51-28-15-13-26-47(51)48-27-14-16-29-52(48)55)54(39-21-9-6-10-22-39)40-23-17-20-38(34-40)44-25-12-11-24-43(44)37-18-7-5-8-19-37/h5-36H,3-4H2,1-2H3. The van der Waals surface area contributed by atoms with Crippen LogP contribution in [0.3, 0.4) is 0 Å². The van der Waals surface area contributed by atoms with Crippen LogP contribution in [0.1, 0.15) is 37.8 Å². The molecule has 10 rings (SSSR count). The topological polar surface area (TPSA) is 8.17 Å². The van der Waals surface area contributed by atoms with E-state index in [1.807, 2.05) is 0 Å². The van der Waals surface area contributed by atoms with Gasteiger partial charge in [-0.05, 0) is 118 Å². The highest BCUT2D eigenvalue weighted by molar-refractivity contribution is 6.09.